The number of benzene rings is 2. The van der Waals surface area contributed by atoms with Gasteiger partial charge < -0.3 is 5.32 Å². The zero-order chi connectivity index (χ0) is 16.8. The average Bonchev–Trinajstić information content (AvgIpc) is 2.61. The molecule has 4 nitrogen and oxygen atoms in total. The fraction of sp³-hybridized carbons (Fsp3) is 0.100. The molecule has 120 valence electrons. The summed E-state index contributed by atoms with van der Waals surface area (Å²) in [5.41, 5.74) is 3.09. The highest BCUT2D eigenvalue weighted by atomic mass is 16.2. The maximum atomic E-state index is 12.4. The van der Waals surface area contributed by atoms with E-state index in [0.717, 1.165) is 16.7 Å². The molecule has 0 aliphatic carbocycles. The number of urea groups is 1. The molecule has 0 fully saturated rings. The monoisotopic (exact) mass is 317 g/mol. The zero-order valence-corrected chi connectivity index (χ0v) is 13.4. The average molecular weight is 317 g/mol. The number of carbonyl (C=O) groups excluding carboxylic acids is 1. The van der Waals surface area contributed by atoms with Crippen molar-refractivity contribution in [3.8, 4) is 0 Å². The lowest BCUT2D eigenvalue weighted by molar-refractivity contribution is 0.250. The van der Waals surface area contributed by atoms with Gasteiger partial charge in [-0.2, -0.15) is 0 Å². The van der Waals surface area contributed by atoms with Gasteiger partial charge in [0.1, 0.15) is 5.82 Å². The van der Waals surface area contributed by atoms with Crippen LogP contribution in [-0.4, -0.2) is 11.0 Å². The molecule has 1 heterocycles. The molecule has 2 aromatic carbocycles. The minimum absolute atomic E-state index is 0.225. The molecule has 0 saturated heterocycles. The van der Waals surface area contributed by atoms with Gasteiger partial charge >= 0.3 is 6.03 Å². The lowest BCUT2D eigenvalue weighted by Gasteiger charge is -2.20. The number of rotatable bonds is 4. The molecule has 0 aliphatic rings. The fourth-order valence-electron chi connectivity index (χ4n) is 2.54. The van der Waals surface area contributed by atoms with E-state index in [2.05, 4.69) is 15.6 Å². The predicted molar refractivity (Wildman–Crippen MR) is 95.9 cm³/mol. The molecule has 1 aromatic heterocycles. The number of nitrogens with zero attached hydrogens (tertiary/aromatic N) is 1. The first kappa shape index (κ1) is 15.7. The van der Waals surface area contributed by atoms with E-state index in [1.54, 1.807) is 6.20 Å². The van der Waals surface area contributed by atoms with Crippen LogP contribution >= 0.6 is 0 Å². The van der Waals surface area contributed by atoms with Gasteiger partial charge in [-0.25, -0.2) is 9.78 Å². The molecular formula is C20H19N3O. The molecule has 0 bridgehead atoms. The van der Waals surface area contributed by atoms with E-state index in [1.807, 2.05) is 79.7 Å². The molecule has 0 atom stereocenters. The topological polar surface area (TPSA) is 54.0 Å². The Morgan fingerprint density at radius 2 is 1.50 bits per heavy atom. The Morgan fingerprint density at radius 1 is 0.917 bits per heavy atom. The van der Waals surface area contributed by atoms with Gasteiger partial charge in [0.05, 0.1) is 6.04 Å². The molecular weight excluding hydrogens is 298 g/mol. The van der Waals surface area contributed by atoms with Crippen LogP contribution in [0.25, 0.3) is 0 Å². The molecule has 3 rings (SSSR count). The molecule has 0 radical (unpaired) electrons. The van der Waals surface area contributed by atoms with Gasteiger partial charge in [0.25, 0.3) is 0 Å². The number of nitrogens with one attached hydrogen (secondary N) is 2. The Morgan fingerprint density at radius 3 is 2.04 bits per heavy atom. The molecule has 2 amide bonds. The maximum Gasteiger partial charge on any atom is 0.321 e. The molecule has 0 aliphatic heterocycles. The summed E-state index contributed by atoms with van der Waals surface area (Å²) in [6.45, 7) is 1.96. The van der Waals surface area contributed by atoms with Crippen molar-refractivity contribution in [3.05, 3.63) is 95.7 Å². The van der Waals surface area contributed by atoms with Crippen molar-refractivity contribution in [2.24, 2.45) is 0 Å². The first-order chi connectivity index (χ1) is 11.7. The normalized spacial score (nSPS) is 10.4. The van der Waals surface area contributed by atoms with E-state index in [-0.39, 0.29) is 12.1 Å². The molecule has 24 heavy (non-hydrogen) atoms. The van der Waals surface area contributed by atoms with E-state index >= 15 is 0 Å². The summed E-state index contributed by atoms with van der Waals surface area (Å²) in [6.07, 6.45) is 1.68. The largest absolute Gasteiger partial charge is 0.327 e. The SMILES string of the molecule is Cc1ccnc(NC(=O)NC(c2ccccc2)c2ccccc2)c1. The lowest BCUT2D eigenvalue weighted by Crippen LogP contribution is -2.33. The van der Waals surface area contributed by atoms with E-state index in [9.17, 15) is 4.79 Å². The quantitative estimate of drug-likeness (QED) is 0.753. The van der Waals surface area contributed by atoms with Crippen LogP contribution in [0.2, 0.25) is 0 Å². The van der Waals surface area contributed by atoms with Crippen LogP contribution in [-0.2, 0) is 0 Å². The van der Waals surface area contributed by atoms with E-state index in [4.69, 9.17) is 0 Å². The number of hydrogen-bond donors (Lipinski definition) is 2. The van der Waals surface area contributed by atoms with Gasteiger partial charge in [0, 0.05) is 6.20 Å². The Labute approximate surface area is 141 Å². The smallest absolute Gasteiger partial charge is 0.321 e. The van der Waals surface area contributed by atoms with Crippen molar-refractivity contribution in [1.29, 1.82) is 0 Å². The summed E-state index contributed by atoms with van der Waals surface area (Å²) in [5, 5.41) is 5.82. The lowest BCUT2D eigenvalue weighted by atomic mass is 9.99. The van der Waals surface area contributed by atoms with Crippen LogP contribution < -0.4 is 10.6 Å². The minimum Gasteiger partial charge on any atom is -0.327 e. The third-order valence-corrected chi connectivity index (χ3v) is 3.70. The summed E-state index contributed by atoms with van der Waals surface area (Å²) in [7, 11) is 0. The Balaban J connectivity index is 1.80. The summed E-state index contributed by atoms with van der Waals surface area (Å²) in [5.74, 6) is 0.535. The zero-order valence-electron chi connectivity index (χ0n) is 13.4. The Bertz CT molecular complexity index is 764. The molecule has 0 saturated carbocycles. The predicted octanol–water partition coefficient (Wildman–Crippen LogP) is 4.30. The van der Waals surface area contributed by atoms with Crippen LogP contribution in [0.1, 0.15) is 22.7 Å². The van der Waals surface area contributed by atoms with Gasteiger partial charge in [-0.1, -0.05) is 60.7 Å². The van der Waals surface area contributed by atoms with Crippen LogP contribution in [0, 0.1) is 6.92 Å². The van der Waals surface area contributed by atoms with Gasteiger partial charge in [-0.15, -0.1) is 0 Å². The Kier molecular flexibility index (Phi) is 4.87. The molecule has 0 spiro atoms. The highest BCUT2D eigenvalue weighted by molar-refractivity contribution is 5.88. The second-order valence-electron chi connectivity index (χ2n) is 5.57. The van der Waals surface area contributed by atoms with Gasteiger partial charge in [0.2, 0.25) is 0 Å². The first-order valence-corrected chi connectivity index (χ1v) is 7.82. The van der Waals surface area contributed by atoms with Gasteiger partial charge in [-0.3, -0.25) is 5.32 Å². The van der Waals surface area contributed by atoms with E-state index < -0.39 is 0 Å². The number of carbonyl (C=O) groups is 1. The van der Waals surface area contributed by atoms with E-state index in [0.29, 0.717) is 5.82 Å². The maximum absolute atomic E-state index is 12.4. The highest BCUT2D eigenvalue weighted by Crippen LogP contribution is 2.21. The fourth-order valence-corrected chi connectivity index (χ4v) is 2.54. The first-order valence-electron chi connectivity index (χ1n) is 7.82. The third-order valence-electron chi connectivity index (χ3n) is 3.70. The standard InChI is InChI=1S/C20H19N3O/c1-15-12-13-21-18(14-15)22-20(24)23-19(16-8-4-2-5-9-16)17-10-6-3-7-11-17/h2-14,19H,1H3,(H2,21,22,23,24). The van der Waals surface area contributed by atoms with Crippen LogP contribution in [0.5, 0.6) is 0 Å². The number of hydrogen-bond acceptors (Lipinski definition) is 2. The van der Waals surface area contributed by atoms with Crippen molar-refractivity contribution < 1.29 is 4.79 Å². The summed E-state index contributed by atoms with van der Waals surface area (Å²) >= 11 is 0. The number of amides is 2. The molecule has 0 unspecified atom stereocenters. The van der Waals surface area contributed by atoms with E-state index in [1.165, 1.54) is 0 Å². The molecule has 3 aromatic rings. The second-order valence-corrected chi connectivity index (χ2v) is 5.57. The van der Waals surface area contributed by atoms with Gasteiger partial charge in [0.15, 0.2) is 0 Å². The third kappa shape index (κ3) is 3.98. The molecule has 2 N–H and O–H groups in total. The summed E-state index contributed by atoms with van der Waals surface area (Å²) in [6, 6.07) is 23.0. The minimum atomic E-state index is -0.286. The summed E-state index contributed by atoms with van der Waals surface area (Å²) < 4.78 is 0. The number of aromatic nitrogens is 1. The number of aryl methyl sites for hydroxylation is 1. The van der Waals surface area contributed by atoms with Crippen LogP contribution in [0.3, 0.4) is 0 Å². The number of pyridine rings is 1. The second kappa shape index (κ2) is 7.42. The Hall–Kier alpha value is -3.14. The van der Waals surface area contributed by atoms with Crippen LogP contribution in [0.15, 0.2) is 79.0 Å². The van der Waals surface area contributed by atoms with Crippen LogP contribution in [0.4, 0.5) is 10.6 Å². The molecule has 4 heteroatoms. The van der Waals surface area contributed by atoms with Crippen molar-refractivity contribution in [2.45, 2.75) is 13.0 Å². The van der Waals surface area contributed by atoms with Crippen molar-refractivity contribution in [3.63, 3.8) is 0 Å². The highest BCUT2D eigenvalue weighted by Gasteiger charge is 2.16. The van der Waals surface area contributed by atoms with Crippen molar-refractivity contribution in [2.75, 3.05) is 5.32 Å². The number of anilines is 1. The summed E-state index contributed by atoms with van der Waals surface area (Å²) in [4.78, 5) is 16.6. The van der Waals surface area contributed by atoms with Crippen molar-refractivity contribution >= 4 is 11.8 Å². The van der Waals surface area contributed by atoms with Gasteiger partial charge in [-0.05, 0) is 35.7 Å². The van der Waals surface area contributed by atoms with Crippen molar-refractivity contribution in [1.82, 2.24) is 10.3 Å².